The lowest BCUT2D eigenvalue weighted by atomic mass is 10.1. The third kappa shape index (κ3) is 4.43. The number of halogens is 2. The molecular weight excluding hydrogens is 267 g/mol. The number of hydrogen-bond acceptors (Lipinski definition) is 2. The van der Waals surface area contributed by atoms with E-state index in [0.29, 0.717) is 10.0 Å². The van der Waals surface area contributed by atoms with E-state index in [9.17, 15) is 0 Å². The molecule has 0 radical (unpaired) electrons. The van der Waals surface area contributed by atoms with Gasteiger partial charge in [0, 0.05) is 19.6 Å². The summed E-state index contributed by atoms with van der Waals surface area (Å²) >= 11 is 11.9. The summed E-state index contributed by atoms with van der Waals surface area (Å²) in [6, 6.07) is 5.80. The Labute approximate surface area is 119 Å². The van der Waals surface area contributed by atoms with Crippen molar-refractivity contribution in [2.24, 2.45) is 0 Å². The van der Waals surface area contributed by atoms with Gasteiger partial charge < -0.3 is 10.2 Å². The molecule has 1 aromatic carbocycles. The fourth-order valence-corrected chi connectivity index (χ4v) is 2.62. The predicted molar refractivity (Wildman–Crippen MR) is 78.5 cm³/mol. The van der Waals surface area contributed by atoms with Crippen molar-refractivity contribution >= 4 is 23.2 Å². The molecule has 4 heteroatoms. The predicted octanol–water partition coefficient (Wildman–Crippen LogP) is 3.57. The van der Waals surface area contributed by atoms with Gasteiger partial charge in [-0.25, -0.2) is 0 Å². The van der Waals surface area contributed by atoms with Crippen molar-refractivity contribution in [1.29, 1.82) is 0 Å². The van der Waals surface area contributed by atoms with Gasteiger partial charge in [0.2, 0.25) is 0 Å². The van der Waals surface area contributed by atoms with Crippen molar-refractivity contribution in [3.63, 3.8) is 0 Å². The van der Waals surface area contributed by atoms with Crippen molar-refractivity contribution in [3.05, 3.63) is 33.8 Å². The number of piperidine rings is 1. The largest absolute Gasteiger partial charge is 0.311 e. The minimum absolute atomic E-state index is 0.619. The Bertz CT molecular complexity index is 376. The highest BCUT2D eigenvalue weighted by atomic mass is 35.5. The first-order valence-corrected chi connectivity index (χ1v) is 7.38. The first-order valence-electron chi connectivity index (χ1n) is 6.63. The number of likely N-dealkylation sites (tertiary alicyclic amines) is 1. The van der Waals surface area contributed by atoms with Crippen LogP contribution in [0.2, 0.25) is 10.0 Å². The van der Waals surface area contributed by atoms with Gasteiger partial charge in [-0.2, -0.15) is 0 Å². The Morgan fingerprint density at radius 2 is 1.83 bits per heavy atom. The van der Waals surface area contributed by atoms with Gasteiger partial charge in [-0.3, -0.25) is 0 Å². The summed E-state index contributed by atoms with van der Waals surface area (Å²) in [7, 11) is 0. The lowest BCUT2D eigenvalue weighted by molar-refractivity contribution is 0.229. The highest BCUT2D eigenvalue weighted by molar-refractivity contribution is 6.42. The Morgan fingerprint density at radius 1 is 1.06 bits per heavy atom. The van der Waals surface area contributed by atoms with Crippen LogP contribution >= 0.6 is 23.2 Å². The Hall–Kier alpha value is -0.280. The molecule has 0 aliphatic carbocycles. The first-order chi connectivity index (χ1) is 8.75. The minimum atomic E-state index is 0.619. The van der Waals surface area contributed by atoms with Crippen molar-refractivity contribution in [3.8, 4) is 0 Å². The van der Waals surface area contributed by atoms with Crippen LogP contribution in [-0.2, 0) is 6.54 Å². The number of rotatable bonds is 5. The number of hydrogen-bond donors (Lipinski definition) is 1. The number of nitrogens with one attached hydrogen (secondary N) is 1. The van der Waals surface area contributed by atoms with E-state index >= 15 is 0 Å². The maximum atomic E-state index is 5.98. The summed E-state index contributed by atoms with van der Waals surface area (Å²) in [5, 5.41) is 4.70. The number of benzene rings is 1. The highest BCUT2D eigenvalue weighted by Crippen LogP contribution is 2.22. The Morgan fingerprint density at radius 3 is 2.56 bits per heavy atom. The van der Waals surface area contributed by atoms with Crippen molar-refractivity contribution in [2.45, 2.75) is 25.8 Å². The molecule has 18 heavy (non-hydrogen) atoms. The molecule has 0 atom stereocenters. The summed E-state index contributed by atoms with van der Waals surface area (Å²) in [5.74, 6) is 0. The SMILES string of the molecule is Clc1ccc(CNCCN2CCCCC2)cc1Cl. The molecule has 2 nitrogen and oxygen atoms in total. The molecule has 0 saturated carbocycles. The van der Waals surface area contributed by atoms with E-state index in [1.54, 1.807) is 0 Å². The van der Waals surface area contributed by atoms with Crippen LogP contribution in [-0.4, -0.2) is 31.1 Å². The molecule has 0 amide bonds. The molecule has 0 aromatic heterocycles. The summed E-state index contributed by atoms with van der Waals surface area (Å²) in [6.07, 6.45) is 4.10. The van der Waals surface area contributed by atoms with Crippen LogP contribution in [0.3, 0.4) is 0 Å². The molecule has 1 N–H and O–H groups in total. The van der Waals surface area contributed by atoms with Gasteiger partial charge in [0.1, 0.15) is 0 Å². The lowest BCUT2D eigenvalue weighted by Gasteiger charge is -2.26. The molecule has 2 rings (SSSR count). The van der Waals surface area contributed by atoms with E-state index in [0.717, 1.165) is 19.6 Å². The monoisotopic (exact) mass is 286 g/mol. The molecule has 1 aliphatic rings. The maximum absolute atomic E-state index is 5.98. The van der Waals surface area contributed by atoms with Crippen LogP contribution in [0.4, 0.5) is 0 Å². The molecule has 100 valence electrons. The van der Waals surface area contributed by atoms with Crippen LogP contribution in [0, 0.1) is 0 Å². The van der Waals surface area contributed by atoms with Gasteiger partial charge >= 0.3 is 0 Å². The molecule has 0 unspecified atom stereocenters. The van der Waals surface area contributed by atoms with Crippen molar-refractivity contribution in [1.82, 2.24) is 10.2 Å². The van der Waals surface area contributed by atoms with E-state index in [1.807, 2.05) is 18.2 Å². The zero-order valence-corrected chi connectivity index (χ0v) is 12.1. The molecule has 1 aromatic rings. The van der Waals surface area contributed by atoms with Crippen LogP contribution in [0.25, 0.3) is 0 Å². The fourth-order valence-electron chi connectivity index (χ4n) is 2.30. The van der Waals surface area contributed by atoms with Gasteiger partial charge in [-0.15, -0.1) is 0 Å². The quantitative estimate of drug-likeness (QED) is 0.833. The van der Waals surface area contributed by atoms with E-state index < -0.39 is 0 Å². The Kier molecular flexibility index (Phi) is 5.77. The van der Waals surface area contributed by atoms with Gasteiger partial charge in [-0.1, -0.05) is 35.7 Å². The van der Waals surface area contributed by atoms with Gasteiger partial charge in [0.05, 0.1) is 10.0 Å². The molecule has 1 heterocycles. The van der Waals surface area contributed by atoms with Gasteiger partial charge in [0.15, 0.2) is 0 Å². The topological polar surface area (TPSA) is 15.3 Å². The number of nitrogens with zero attached hydrogens (tertiary/aromatic N) is 1. The minimum Gasteiger partial charge on any atom is -0.311 e. The fraction of sp³-hybridized carbons (Fsp3) is 0.571. The third-order valence-electron chi connectivity index (χ3n) is 3.37. The molecule has 1 saturated heterocycles. The summed E-state index contributed by atoms with van der Waals surface area (Å²) in [5.41, 5.74) is 1.18. The molecule has 1 aliphatic heterocycles. The van der Waals surface area contributed by atoms with E-state index in [1.165, 1.54) is 37.9 Å². The molecule has 0 spiro atoms. The van der Waals surface area contributed by atoms with E-state index in [4.69, 9.17) is 23.2 Å². The molecular formula is C14H20Cl2N2. The van der Waals surface area contributed by atoms with Crippen LogP contribution < -0.4 is 5.32 Å². The third-order valence-corrected chi connectivity index (χ3v) is 4.11. The van der Waals surface area contributed by atoms with Gasteiger partial charge in [-0.05, 0) is 43.6 Å². The second kappa shape index (κ2) is 7.34. The molecule has 1 fully saturated rings. The first kappa shape index (κ1) is 14.1. The van der Waals surface area contributed by atoms with Crippen molar-refractivity contribution < 1.29 is 0 Å². The van der Waals surface area contributed by atoms with Crippen LogP contribution in [0.5, 0.6) is 0 Å². The standard InChI is InChI=1S/C14H20Cl2N2/c15-13-5-4-12(10-14(13)16)11-17-6-9-18-7-2-1-3-8-18/h4-5,10,17H,1-3,6-9,11H2. The van der Waals surface area contributed by atoms with Crippen LogP contribution in [0.1, 0.15) is 24.8 Å². The van der Waals surface area contributed by atoms with E-state index in [-0.39, 0.29) is 0 Å². The average molecular weight is 287 g/mol. The highest BCUT2D eigenvalue weighted by Gasteiger charge is 2.08. The zero-order chi connectivity index (χ0) is 12.8. The summed E-state index contributed by atoms with van der Waals surface area (Å²) in [4.78, 5) is 2.53. The van der Waals surface area contributed by atoms with Gasteiger partial charge in [0.25, 0.3) is 0 Å². The molecule has 0 bridgehead atoms. The smallest absolute Gasteiger partial charge is 0.0595 e. The normalized spacial score (nSPS) is 17.0. The lowest BCUT2D eigenvalue weighted by Crippen LogP contribution is -2.35. The second-order valence-electron chi connectivity index (χ2n) is 4.83. The van der Waals surface area contributed by atoms with Crippen LogP contribution in [0.15, 0.2) is 18.2 Å². The maximum Gasteiger partial charge on any atom is 0.0595 e. The van der Waals surface area contributed by atoms with Crippen molar-refractivity contribution in [2.75, 3.05) is 26.2 Å². The average Bonchev–Trinajstić information content (AvgIpc) is 2.40. The Balaban J connectivity index is 1.66. The summed E-state index contributed by atoms with van der Waals surface area (Å²) < 4.78 is 0. The van der Waals surface area contributed by atoms with E-state index in [2.05, 4.69) is 10.2 Å². The zero-order valence-electron chi connectivity index (χ0n) is 10.6. The summed E-state index contributed by atoms with van der Waals surface area (Å²) in [6.45, 7) is 5.54. The second-order valence-corrected chi connectivity index (χ2v) is 5.64.